The summed E-state index contributed by atoms with van der Waals surface area (Å²) in [6, 6.07) is 8.63. The van der Waals surface area contributed by atoms with Crippen molar-refractivity contribution in [1.29, 1.82) is 0 Å². The van der Waals surface area contributed by atoms with E-state index >= 15 is 0 Å². The zero-order chi connectivity index (χ0) is 19.8. The first-order valence-electron chi connectivity index (χ1n) is 9.07. The van der Waals surface area contributed by atoms with Gasteiger partial charge in [0.1, 0.15) is 17.7 Å². The van der Waals surface area contributed by atoms with Gasteiger partial charge in [0.25, 0.3) is 0 Å². The Morgan fingerprint density at radius 1 is 1.14 bits per heavy atom. The lowest BCUT2D eigenvalue weighted by molar-refractivity contribution is -0.130. The SMILES string of the molecule is Cc1ccc(-c2noc(C3CCC(=O)N3Cc3cc(F)ccc3F)n2)cc1C. The maximum absolute atomic E-state index is 14.0. The van der Waals surface area contributed by atoms with Crippen LogP contribution in [-0.2, 0) is 11.3 Å². The van der Waals surface area contributed by atoms with Gasteiger partial charge in [0.2, 0.25) is 17.6 Å². The van der Waals surface area contributed by atoms with E-state index in [4.69, 9.17) is 4.52 Å². The Kier molecular flexibility index (Phi) is 4.66. The molecule has 1 aliphatic heterocycles. The van der Waals surface area contributed by atoms with Crippen LogP contribution in [0.3, 0.4) is 0 Å². The number of rotatable bonds is 4. The number of carbonyl (C=O) groups excluding carboxylic acids is 1. The molecule has 0 N–H and O–H groups in total. The van der Waals surface area contributed by atoms with E-state index in [1.54, 1.807) is 0 Å². The number of nitrogens with zero attached hydrogens (tertiary/aromatic N) is 3. The summed E-state index contributed by atoms with van der Waals surface area (Å²) < 4.78 is 32.9. The molecule has 4 rings (SSSR count). The molecule has 5 nitrogen and oxygen atoms in total. The Labute approximate surface area is 161 Å². The maximum Gasteiger partial charge on any atom is 0.249 e. The molecule has 3 aromatic rings. The molecule has 2 aromatic carbocycles. The zero-order valence-electron chi connectivity index (χ0n) is 15.6. The summed E-state index contributed by atoms with van der Waals surface area (Å²) in [4.78, 5) is 18.3. The first-order chi connectivity index (χ1) is 13.4. The minimum Gasteiger partial charge on any atom is -0.337 e. The lowest BCUT2D eigenvalue weighted by Crippen LogP contribution is -2.27. The standard InChI is InChI=1S/C21H19F2N3O2/c1-12-3-4-14(9-13(12)2)20-24-21(28-25-20)18-7-8-19(27)26(18)11-15-10-16(22)5-6-17(15)23/h3-6,9-10,18H,7-8,11H2,1-2H3. The molecule has 0 radical (unpaired) electrons. The Morgan fingerprint density at radius 2 is 1.96 bits per heavy atom. The first-order valence-corrected chi connectivity index (χ1v) is 9.07. The first kappa shape index (κ1) is 18.3. The summed E-state index contributed by atoms with van der Waals surface area (Å²) >= 11 is 0. The Hall–Kier alpha value is -3.09. The molecule has 0 aliphatic carbocycles. The molecular formula is C21H19F2N3O2. The molecule has 1 amide bonds. The van der Waals surface area contributed by atoms with Crippen LogP contribution in [0.4, 0.5) is 8.78 Å². The van der Waals surface area contributed by atoms with Crippen molar-refractivity contribution in [3.63, 3.8) is 0 Å². The van der Waals surface area contributed by atoms with Gasteiger partial charge in [-0.15, -0.1) is 0 Å². The fourth-order valence-electron chi connectivity index (χ4n) is 3.40. The molecule has 0 spiro atoms. The van der Waals surface area contributed by atoms with E-state index < -0.39 is 17.7 Å². The average Bonchev–Trinajstić information content (AvgIpc) is 3.28. The smallest absolute Gasteiger partial charge is 0.249 e. The number of carbonyl (C=O) groups is 1. The van der Waals surface area contributed by atoms with Gasteiger partial charge in [-0.25, -0.2) is 8.78 Å². The lowest BCUT2D eigenvalue weighted by Gasteiger charge is -2.22. The summed E-state index contributed by atoms with van der Waals surface area (Å²) in [5.74, 6) is -0.513. The quantitative estimate of drug-likeness (QED) is 0.666. The normalized spacial score (nSPS) is 16.8. The van der Waals surface area contributed by atoms with Crippen LogP contribution < -0.4 is 0 Å². The van der Waals surface area contributed by atoms with Crippen LogP contribution in [0.1, 0.15) is 41.5 Å². The Balaban J connectivity index is 1.61. The van der Waals surface area contributed by atoms with Gasteiger partial charge in [0, 0.05) is 24.1 Å². The van der Waals surface area contributed by atoms with Gasteiger partial charge in [-0.3, -0.25) is 4.79 Å². The van der Waals surface area contributed by atoms with Crippen molar-refractivity contribution in [3.05, 3.63) is 70.6 Å². The van der Waals surface area contributed by atoms with Crippen molar-refractivity contribution in [2.24, 2.45) is 0 Å². The third-order valence-electron chi connectivity index (χ3n) is 5.17. The van der Waals surface area contributed by atoms with Crippen LogP contribution in [0.5, 0.6) is 0 Å². The largest absolute Gasteiger partial charge is 0.337 e. The van der Waals surface area contributed by atoms with Crippen LogP contribution in [0.15, 0.2) is 40.9 Å². The number of likely N-dealkylation sites (tertiary alicyclic amines) is 1. The van der Waals surface area contributed by atoms with Crippen molar-refractivity contribution >= 4 is 5.91 Å². The van der Waals surface area contributed by atoms with Crippen molar-refractivity contribution in [3.8, 4) is 11.4 Å². The van der Waals surface area contributed by atoms with Crippen LogP contribution in [0, 0.1) is 25.5 Å². The molecular weight excluding hydrogens is 364 g/mol. The van der Waals surface area contributed by atoms with Gasteiger partial charge < -0.3 is 9.42 Å². The van der Waals surface area contributed by atoms with E-state index in [2.05, 4.69) is 10.1 Å². The second-order valence-corrected chi connectivity index (χ2v) is 7.07. The van der Waals surface area contributed by atoms with Crippen LogP contribution in [0.2, 0.25) is 0 Å². The molecule has 0 bridgehead atoms. The molecule has 1 atom stereocenters. The lowest BCUT2D eigenvalue weighted by atomic mass is 10.1. The van der Waals surface area contributed by atoms with Crippen LogP contribution >= 0.6 is 0 Å². The number of hydrogen-bond donors (Lipinski definition) is 0. The maximum atomic E-state index is 14.0. The van der Waals surface area contributed by atoms with Gasteiger partial charge in [-0.05, 0) is 55.7 Å². The van der Waals surface area contributed by atoms with E-state index in [-0.39, 0.29) is 18.0 Å². The van der Waals surface area contributed by atoms with E-state index in [0.29, 0.717) is 24.6 Å². The minimum absolute atomic E-state index is 0.0472. The fraction of sp³-hybridized carbons (Fsp3) is 0.286. The molecule has 0 saturated carbocycles. The molecule has 1 aromatic heterocycles. The van der Waals surface area contributed by atoms with Crippen molar-refractivity contribution in [2.75, 3.05) is 0 Å². The van der Waals surface area contributed by atoms with Crippen LogP contribution in [-0.4, -0.2) is 20.9 Å². The third kappa shape index (κ3) is 3.40. The van der Waals surface area contributed by atoms with Gasteiger partial charge in [-0.2, -0.15) is 4.98 Å². The predicted octanol–water partition coefficient (Wildman–Crippen LogP) is 4.50. The van der Waals surface area contributed by atoms with Gasteiger partial charge in [0.15, 0.2) is 0 Å². The van der Waals surface area contributed by atoms with Crippen molar-refractivity contribution in [2.45, 2.75) is 39.3 Å². The molecule has 7 heteroatoms. The van der Waals surface area contributed by atoms with Gasteiger partial charge in [-0.1, -0.05) is 17.3 Å². The average molecular weight is 383 g/mol. The van der Waals surface area contributed by atoms with Gasteiger partial charge >= 0.3 is 0 Å². The zero-order valence-corrected chi connectivity index (χ0v) is 15.6. The Morgan fingerprint density at radius 3 is 2.75 bits per heavy atom. The number of aromatic nitrogens is 2. The van der Waals surface area contributed by atoms with Crippen LogP contribution in [0.25, 0.3) is 11.4 Å². The summed E-state index contributed by atoms with van der Waals surface area (Å²) in [6.07, 6.45) is 0.785. The molecule has 1 fully saturated rings. The highest BCUT2D eigenvalue weighted by Crippen LogP contribution is 2.34. The molecule has 2 heterocycles. The van der Waals surface area contributed by atoms with Gasteiger partial charge in [0.05, 0.1) is 0 Å². The number of benzene rings is 2. The molecule has 1 unspecified atom stereocenters. The third-order valence-corrected chi connectivity index (χ3v) is 5.17. The highest BCUT2D eigenvalue weighted by Gasteiger charge is 2.36. The summed E-state index contributed by atoms with van der Waals surface area (Å²) in [5.41, 5.74) is 3.22. The number of halogens is 2. The number of hydrogen-bond acceptors (Lipinski definition) is 4. The topological polar surface area (TPSA) is 59.2 Å². The Bertz CT molecular complexity index is 1050. The monoisotopic (exact) mass is 383 g/mol. The van der Waals surface area contributed by atoms with E-state index in [1.807, 2.05) is 32.0 Å². The number of amides is 1. The highest BCUT2D eigenvalue weighted by molar-refractivity contribution is 5.78. The van der Waals surface area contributed by atoms with Crippen molar-refractivity contribution in [1.82, 2.24) is 15.0 Å². The van der Waals surface area contributed by atoms with E-state index in [1.165, 1.54) is 4.90 Å². The molecule has 1 saturated heterocycles. The molecule has 144 valence electrons. The van der Waals surface area contributed by atoms with E-state index in [9.17, 15) is 13.6 Å². The highest BCUT2D eigenvalue weighted by atomic mass is 19.1. The summed E-state index contributed by atoms with van der Waals surface area (Å²) in [6.45, 7) is 3.98. The summed E-state index contributed by atoms with van der Waals surface area (Å²) in [7, 11) is 0. The fourth-order valence-corrected chi connectivity index (χ4v) is 3.40. The second-order valence-electron chi connectivity index (χ2n) is 7.07. The van der Waals surface area contributed by atoms with E-state index in [0.717, 1.165) is 34.9 Å². The predicted molar refractivity (Wildman–Crippen MR) is 98.1 cm³/mol. The minimum atomic E-state index is -0.554. The molecule has 28 heavy (non-hydrogen) atoms. The number of aryl methyl sites for hydroxylation is 2. The van der Waals surface area contributed by atoms with Crippen molar-refractivity contribution < 1.29 is 18.1 Å². The molecule has 1 aliphatic rings. The second kappa shape index (κ2) is 7.14. The summed E-state index contributed by atoms with van der Waals surface area (Å²) in [5, 5.41) is 4.04.